The third-order valence-electron chi connectivity index (χ3n) is 4.21. The van der Waals surface area contributed by atoms with Crippen molar-refractivity contribution in [1.82, 2.24) is 15.1 Å². The third-order valence-corrected chi connectivity index (χ3v) is 4.21. The Morgan fingerprint density at radius 3 is 2.87 bits per heavy atom. The van der Waals surface area contributed by atoms with Crippen LogP contribution in [0.1, 0.15) is 46.4 Å². The van der Waals surface area contributed by atoms with Gasteiger partial charge < -0.3 is 10.1 Å². The predicted molar refractivity (Wildman–Crippen MR) is 83.7 cm³/mol. The standard InChI is InChI=1S/C17H18N4O2/c1-23-17(22)14-4-2-13(3-5-14)16-8-15(6-7-19-16)21-11-12(9-18)10-20-21/h2-5,10-11,15-16,19H,6-8H2,1H3/t15-,16-/m1/s1. The number of esters is 1. The monoisotopic (exact) mass is 310 g/mol. The molecule has 1 aliphatic heterocycles. The Kier molecular flexibility index (Phi) is 4.40. The summed E-state index contributed by atoms with van der Waals surface area (Å²) >= 11 is 0. The van der Waals surface area contributed by atoms with Crippen molar-refractivity contribution in [3.8, 4) is 6.07 Å². The number of methoxy groups -OCH3 is 1. The molecule has 3 rings (SSSR count). The molecule has 2 atom stereocenters. The molecule has 0 bridgehead atoms. The van der Waals surface area contributed by atoms with Gasteiger partial charge in [-0.3, -0.25) is 4.68 Å². The maximum atomic E-state index is 11.5. The minimum atomic E-state index is -0.327. The summed E-state index contributed by atoms with van der Waals surface area (Å²) in [7, 11) is 1.38. The Morgan fingerprint density at radius 1 is 1.43 bits per heavy atom. The fraction of sp³-hybridized carbons (Fsp3) is 0.353. The molecule has 2 aromatic rings. The van der Waals surface area contributed by atoms with Crippen LogP contribution >= 0.6 is 0 Å². The number of rotatable bonds is 3. The molecular formula is C17H18N4O2. The molecule has 6 nitrogen and oxygen atoms in total. The Bertz CT molecular complexity index is 730. The zero-order chi connectivity index (χ0) is 16.2. The van der Waals surface area contributed by atoms with Gasteiger partial charge in [-0.1, -0.05) is 12.1 Å². The van der Waals surface area contributed by atoms with E-state index in [1.165, 1.54) is 7.11 Å². The van der Waals surface area contributed by atoms with Crippen LogP contribution in [0.25, 0.3) is 0 Å². The van der Waals surface area contributed by atoms with E-state index in [1.54, 1.807) is 24.5 Å². The summed E-state index contributed by atoms with van der Waals surface area (Å²) in [6.45, 7) is 0.885. The number of ether oxygens (including phenoxy) is 1. The van der Waals surface area contributed by atoms with Crippen LogP contribution < -0.4 is 5.32 Å². The quantitative estimate of drug-likeness (QED) is 0.879. The molecule has 1 N–H and O–H groups in total. The number of nitrogens with one attached hydrogen (secondary N) is 1. The molecule has 0 aliphatic carbocycles. The topological polar surface area (TPSA) is 79.9 Å². The Balaban J connectivity index is 1.73. The van der Waals surface area contributed by atoms with Crippen molar-refractivity contribution in [2.75, 3.05) is 13.7 Å². The lowest BCUT2D eigenvalue weighted by Crippen LogP contribution is -2.33. The van der Waals surface area contributed by atoms with Gasteiger partial charge in [-0.15, -0.1) is 0 Å². The number of aromatic nitrogens is 2. The maximum Gasteiger partial charge on any atom is 0.337 e. The molecule has 118 valence electrons. The number of hydrogen-bond acceptors (Lipinski definition) is 5. The average Bonchev–Trinajstić information content (AvgIpc) is 3.10. The van der Waals surface area contributed by atoms with Gasteiger partial charge in [-0.05, 0) is 37.1 Å². The first-order chi connectivity index (χ1) is 11.2. The van der Waals surface area contributed by atoms with Crippen molar-refractivity contribution in [3.05, 3.63) is 53.3 Å². The SMILES string of the molecule is COC(=O)c1ccc([C@H]2C[C@H](n3cc(C#N)cn3)CCN2)cc1. The van der Waals surface area contributed by atoms with Crippen LogP contribution in [0.3, 0.4) is 0 Å². The summed E-state index contributed by atoms with van der Waals surface area (Å²) in [5, 5.41) is 16.7. The fourth-order valence-electron chi connectivity index (χ4n) is 2.96. The molecule has 1 aromatic heterocycles. The molecule has 1 aromatic carbocycles. The molecule has 0 radical (unpaired) electrons. The highest BCUT2D eigenvalue weighted by Gasteiger charge is 2.24. The van der Waals surface area contributed by atoms with Gasteiger partial charge in [-0.2, -0.15) is 10.4 Å². The van der Waals surface area contributed by atoms with Crippen LogP contribution in [0.4, 0.5) is 0 Å². The number of carbonyl (C=O) groups excluding carboxylic acids is 1. The van der Waals surface area contributed by atoms with Gasteiger partial charge in [0.2, 0.25) is 0 Å². The number of hydrogen-bond donors (Lipinski definition) is 1. The summed E-state index contributed by atoms with van der Waals surface area (Å²) in [4.78, 5) is 11.5. The van der Waals surface area contributed by atoms with Crippen LogP contribution in [0.5, 0.6) is 0 Å². The van der Waals surface area contributed by atoms with E-state index < -0.39 is 0 Å². The minimum absolute atomic E-state index is 0.204. The summed E-state index contributed by atoms with van der Waals surface area (Å²) in [5.74, 6) is -0.327. The first-order valence-electron chi connectivity index (χ1n) is 7.57. The van der Waals surface area contributed by atoms with Gasteiger partial charge in [-0.25, -0.2) is 4.79 Å². The van der Waals surface area contributed by atoms with Crippen molar-refractivity contribution in [2.24, 2.45) is 0 Å². The van der Waals surface area contributed by atoms with E-state index in [0.29, 0.717) is 11.1 Å². The molecule has 1 saturated heterocycles. The maximum absolute atomic E-state index is 11.5. The molecule has 6 heteroatoms. The third kappa shape index (κ3) is 3.25. The van der Waals surface area contributed by atoms with Gasteiger partial charge in [0.1, 0.15) is 6.07 Å². The van der Waals surface area contributed by atoms with Gasteiger partial charge in [0.05, 0.1) is 30.5 Å². The second kappa shape index (κ2) is 6.63. The first-order valence-corrected chi connectivity index (χ1v) is 7.57. The zero-order valence-corrected chi connectivity index (χ0v) is 12.9. The number of nitriles is 1. The molecule has 0 unspecified atom stereocenters. The second-order valence-electron chi connectivity index (χ2n) is 5.62. The van der Waals surface area contributed by atoms with Gasteiger partial charge in [0.15, 0.2) is 0 Å². The molecular weight excluding hydrogens is 292 g/mol. The summed E-state index contributed by atoms with van der Waals surface area (Å²) in [6.07, 6.45) is 5.27. The number of piperidine rings is 1. The normalized spacial score (nSPS) is 20.7. The van der Waals surface area contributed by atoms with Crippen LogP contribution in [-0.4, -0.2) is 29.4 Å². The lowest BCUT2D eigenvalue weighted by Gasteiger charge is -2.31. The zero-order valence-electron chi connectivity index (χ0n) is 12.9. The second-order valence-corrected chi connectivity index (χ2v) is 5.62. The van der Waals surface area contributed by atoms with Crippen molar-refractivity contribution >= 4 is 5.97 Å². The summed E-state index contributed by atoms with van der Waals surface area (Å²) < 4.78 is 6.60. The summed E-state index contributed by atoms with van der Waals surface area (Å²) in [5.41, 5.74) is 2.27. The van der Waals surface area contributed by atoms with Crippen molar-refractivity contribution in [3.63, 3.8) is 0 Å². The van der Waals surface area contributed by atoms with E-state index >= 15 is 0 Å². The Hall–Kier alpha value is -2.65. The summed E-state index contributed by atoms with van der Waals surface area (Å²) in [6, 6.07) is 10.1. The Morgan fingerprint density at radius 2 is 2.22 bits per heavy atom. The predicted octanol–water partition coefficient (Wildman–Crippen LogP) is 2.21. The highest BCUT2D eigenvalue weighted by molar-refractivity contribution is 5.89. The van der Waals surface area contributed by atoms with E-state index in [9.17, 15) is 4.79 Å². The van der Waals surface area contributed by atoms with Gasteiger partial charge in [0.25, 0.3) is 0 Å². The number of carbonyl (C=O) groups is 1. The molecule has 0 amide bonds. The van der Waals surface area contributed by atoms with Gasteiger partial charge >= 0.3 is 5.97 Å². The lowest BCUT2D eigenvalue weighted by molar-refractivity contribution is 0.0600. The van der Waals surface area contributed by atoms with E-state index in [-0.39, 0.29) is 18.1 Å². The number of nitrogens with zero attached hydrogens (tertiary/aromatic N) is 3. The highest BCUT2D eigenvalue weighted by atomic mass is 16.5. The van der Waals surface area contributed by atoms with Crippen molar-refractivity contribution < 1.29 is 9.53 Å². The molecule has 2 heterocycles. The highest BCUT2D eigenvalue weighted by Crippen LogP contribution is 2.30. The van der Waals surface area contributed by atoms with Crippen molar-refractivity contribution in [2.45, 2.75) is 24.9 Å². The molecule has 0 spiro atoms. The fourth-order valence-corrected chi connectivity index (χ4v) is 2.96. The van der Waals surface area contributed by atoms with E-state index in [2.05, 4.69) is 16.5 Å². The molecule has 0 saturated carbocycles. The van der Waals surface area contributed by atoms with Gasteiger partial charge in [0, 0.05) is 12.2 Å². The smallest absolute Gasteiger partial charge is 0.337 e. The minimum Gasteiger partial charge on any atom is -0.465 e. The van der Waals surface area contributed by atoms with Crippen LogP contribution in [0.15, 0.2) is 36.7 Å². The largest absolute Gasteiger partial charge is 0.465 e. The van der Waals surface area contributed by atoms with Crippen LogP contribution in [0, 0.1) is 11.3 Å². The molecule has 1 fully saturated rings. The van der Waals surface area contributed by atoms with Crippen LogP contribution in [-0.2, 0) is 4.74 Å². The molecule has 1 aliphatic rings. The van der Waals surface area contributed by atoms with E-state index in [1.807, 2.05) is 16.8 Å². The Labute approximate surface area is 134 Å². The van der Waals surface area contributed by atoms with Crippen LogP contribution in [0.2, 0.25) is 0 Å². The lowest BCUT2D eigenvalue weighted by atomic mass is 9.93. The number of benzene rings is 1. The van der Waals surface area contributed by atoms with Crippen molar-refractivity contribution in [1.29, 1.82) is 5.26 Å². The molecule has 23 heavy (non-hydrogen) atoms. The average molecular weight is 310 g/mol. The van der Waals surface area contributed by atoms with E-state index in [0.717, 1.165) is 24.9 Å². The van der Waals surface area contributed by atoms with E-state index in [4.69, 9.17) is 10.00 Å². The first kappa shape index (κ1) is 15.3.